The Bertz CT molecular complexity index is 725. The smallest absolute Gasteiger partial charge is 0.328 e. The van der Waals surface area contributed by atoms with Gasteiger partial charge >= 0.3 is 6.03 Å². The fraction of sp³-hybridized carbons (Fsp3) is 0.625. The van der Waals surface area contributed by atoms with Crippen molar-refractivity contribution in [1.82, 2.24) is 15.0 Å². The van der Waals surface area contributed by atoms with Crippen LogP contribution in [-0.4, -0.2) is 31.0 Å². The summed E-state index contributed by atoms with van der Waals surface area (Å²) in [5, 5.41) is 5.96. The topological polar surface area (TPSA) is 100 Å². The Morgan fingerprint density at radius 2 is 2.04 bits per heavy atom. The summed E-state index contributed by atoms with van der Waals surface area (Å²) in [6.07, 6.45) is 8.42. The second-order valence-corrected chi connectivity index (χ2v) is 8.81. The first kappa shape index (κ1) is 17.0. The summed E-state index contributed by atoms with van der Waals surface area (Å²) >= 11 is 0. The lowest BCUT2D eigenvalue weighted by molar-refractivity contribution is 0.243. The van der Waals surface area contributed by atoms with E-state index in [1.54, 1.807) is 26.1 Å². The molecule has 2 aliphatic carbocycles. The number of nitrogens with zero attached hydrogens (tertiary/aromatic N) is 1. The molecule has 7 nitrogen and oxygen atoms in total. The fourth-order valence-corrected chi connectivity index (χ4v) is 4.84. The lowest BCUT2D eigenvalue weighted by atomic mass is 9.93. The quantitative estimate of drug-likeness (QED) is 0.754. The van der Waals surface area contributed by atoms with E-state index in [-0.39, 0.29) is 16.5 Å². The van der Waals surface area contributed by atoms with Gasteiger partial charge in [0.25, 0.3) is 10.0 Å². The first-order chi connectivity index (χ1) is 11.3. The van der Waals surface area contributed by atoms with Crippen LogP contribution in [-0.2, 0) is 10.0 Å². The van der Waals surface area contributed by atoms with Gasteiger partial charge in [-0.05, 0) is 57.9 Å². The maximum Gasteiger partial charge on any atom is 0.328 e. The zero-order valence-corrected chi connectivity index (χ0v) is 14.8. The van der Waals surface area contributed by atoms with Crippen molar-refractivity contribution >= 4 is 21.7 Å². The molecule has 2 amide bonds. The number of sulfonamides is 1. The highest BCUT2D eigenvalue weighted by atomic mass is 32.2. The second kappa shape index (κ2) is 6.23. The summed E-state index contributed by atoms with van der Waals surface area (Å²) in [5.74, 6) is 0.745. The van der Waals surface area contributed by atoms with Gasteiger partial charge in [0, 0.05) is 24.0 Å². The van der Waals surface area contributed by atoms with Gasteiger partial charge in [-0.3, -0.25) is 4.98 Å². The largest absolute Gasteiger partial charge is 0.378 e. The average Bonchev–Trinajstić information content (AvgIpc) is 3.06. The molecule has 2 bridgehead atoms. The van der Waals surface area contributed by atoms with Crippen molar-refractivity contribution in [2.45, 2.75) is 62.4 Å². The second-order valence-electron chi connectivity index (χ2n) is 7.16. The molecule has 2 fully saturated rings. The van der Waals surface area contributed by atoms with Crippen molar-refractivity contribution in [3.8, 4) is 0 Å². The molecular weight excluding hydrogens is 328 g/mol. The number of hydrogen-bond acceptors (Lipinski definition) is 5. The standard InChI is InChI=1S/C16H24N4O3S/c1-11(2)18-15(21)20-24(22,23)14-10-17-8-5-13(14)19-16-6-3-12(9-16)4-7-16/h5,8,10-12H,3-4,6-7,9H2,1-2H3,(H,17,19)(H2,18,20,21). The summed E-state index contributed by atoms with van der Waals surface area (Å²) in [6.45, 7) is 3.53. The highest BCUT2D eigenvalue weighted by Crippen LogP contribution is 2.49. The monoisotopic (exact) mass is 352 g/mol. The van der Waals surface area contributed by atoms with Gasteiger partial charge in [-0.2, -0.15) is 0 Å². The van der Waals surface area contributed by atoms with Crippen molar-refractivity contribution in [2.75, 3.05) is 5.32 Å². The molecule has 2 saturated carbocycles. The number of carbonyl (C=O) groups excluding carboxylic acids is 1. The van der Waals surface area contributed by atoms with Crippen LogP contribution in [0.25, 0.3) is 0 Å². The Morgan fingerprint density at radius 1 is 1.33 bits per heavy atom. The van der Waals surface area contributed by atoms with E-state index in [0.29, 0.717) is 5.69 Å². The maximum absolute atomic E-state index is 12.6. The molecule has 3 rings (SSSR count). The first-order valence-electron chi connectivity index (χ1n) is 8.35. The SMILES string of the molecule is CC(C)NC(=O)NS(=O)(=O)c1cnccc1NC12CCC(CC1)C2. The van der Waals surface area contributed by atoms with Gasteiger partial charge in [-0.15, -0.1) is 0 Å². The number of anilines is 1. The summed E-state index contributed by atoms with van der Waals surface area (Å²) in [5.41, 5.74) is 0.494. The molecule has 0 aliphatic heterocycles. The molecular formula is C16H24N4O3S. The van der Waals surface area contributed by atoms with Gasteiger partial charge in [0.1, 0.15) is 4.90 Å². The van der Waals surface area contributed by atoms with E-state index >= 15 is 0 Å². The fourth-order valence-electron chi connectivity index (χ4n) is 3.82. The van der Waals surface area contributed by atoms with Crippen LogP contribution in [0, 0.1) is 5.92 Å². The summed E-state index contributed by atoms with van der Waals surface area (Å²) < 4.78 is 27.2. The lowest BCUT2D eigenvalue weighted by Gasteiger charge is -2.30. The van der Waals surface area contributed by atoms with E-state index in [9.17, 15) is 13.2 Å². The minimum Gasteiger partial charge on any atom is -0.378 e. The van der Waals surface area contributed by atoms with Crippen molar-refractivity contribution < 1.29 is 13.2 Å². The Kier molecular flexibility index (Phi) is 4.42. The minimum atomic E-state index is -3.99. The summed E-state index contributed by atoms with van der Waals surface area (Å²) in [7, 11) is -3.99. The number of fused-ring (bicyclic) bond motifs is 2. The first-order valence-corrected chi connectivity index (χ1v) is 9.83. The molecule has 1 aromatic heterocycles. The van der Waals surface area contributed by atoms with Crippen LogP contribution in [0.5, 0.6) is 0 Å². The van der Waals surface area contributed by atoms with Crippen LogP contribution in [0.2, 0.25) is 0 Å². The van der Waals surface area contributed by atoms with Crippen molar-refractivity contribution in [1.29, 1.82) is 0 Å². The van der Waals surface area contributed by atoms with E-state index in [4.69, 9.17) is 0 Å². The predicted octanol–water partition coefficient (Wildman–Crippen LogP) is 2.22. The van der Waals surface area contributed by atoms with Gasteiger partial charge in [-0.25, -0.2) is 17.9 Å². The maximum atomic E-state index is 12.6. The summed E-state index contributed by atoms with van der Waals surface area (Å²) in [4.78, 5) is 15.7. The van der Waals surface area contributed by atoms with Crippen LogP contribution in [0.4, 0.5) is 10.5 Å². The molecule has 2 aliphatic rings. The number of hydrogen-bond donors (Lipinski definition) is 3. The molecule has 24 heavy (non-hydrogen) atoms. The highest BCUT2D eigenvalue weighted by molar-refractivity contribution is 7.90. The molecule has 1 aromatic rings. The average molecular weight is 352 g/mol. The van der Waals surface area contributed by atoms with Gasteiger partial charge < -0.3 is 10.6 Å². The van der Waals surface area contributed by atoms with Crippen LogP contribution in [0.15, 0.2) is 23.4 Å². The van der Waals surface area contributed by atoms with Crippen LogP contribution in [0.3, 0.4) is 0 Å². The summed E-state index contributed by atoms with van der Waals surface area (Å²) in [6, 6.07) is 0.772. The van der Waals surface area contributed by atoms with Crippen LogP contribution in [0.1, 0.15) is 46.0 Å². The zero-order chi connectivity index (χ0) is 17.4. The van der Waals surface area contributed by atoms with E-state index in [1.807, 2.05) is 0 Å². The molecule has 1 heterocycles. The third-order valence-electron chi connectivity index (χ3n) is 4.86. The van der Waals surface area contributed by atoms with Crippen LogP contribution < -0.4 is 15.4 Å². The van der Waals surface area contributed by atoms with E-state index < -0.39 is 16.1 Å². The number of nitrogens with one attached hydrogen (secondary N) is 3. The van der Waals surface area contributed by atoms with Gasteiger partial charge in [0.15, 0.2) is 0 Å². The number of rotatable bonds is 5. The minimum absolute atomic E-state index is 0.00799. The van der Waals surface area contributed by atoms with E-state index in [2.05, 4.69) is 20.3 Å². The molecule has 3 N–H and O–H groups in total. The van der Waals surface area contributed by atoms with E-state index in [1.165, 1.54) is 19.0 Å². The Balaban J connectivity index is 1.82. The van der Waals surface area contributed by atoms with E-state index in [0.717, 1.165) is 25.2 Å². The predicted molar refractivity (Wildman–Crippen MR) is 91.2 cm³/mol. The van der Waals surface area contributed by atoms with Gasteiger partial charge in [0.05, 0.1) is 5.69 Å². The molecule has 0 spiro atoms. The molecule has 132 valence electrons. The molecule has 0 aromatic carbocycles. The number of amides is 2. The Morgan fingerprint density at radius 3 is 2.62 bits per heavy atom. The van der Waals surface area contributed by atoms with Crippen LogP contribution >= 0.6 is 0 Å². The molecule has 0 atom stereocenters. The third kappa shape index (κ3) is 3.48. The van der Waals surface area contributed by atoms with Crippen molar-refractivity contribution in [3.05, 3.63) is 18.5 Å². The van der Waals surface area contributed by atoms with Crippen molar-refractivity contribution in [3.63, 3.8) is 0 Å². The zero-order valence-electron chi connectivity index (χ0n) is 14.0. The molecule has 0 radical (unpaired) electrons. The van der Waals surface area contributed by atoms with Crippen molar-refractivity contribution in [2.24, 2.45) is 5.92 Å². The molecule has 0 saturated heterocycles. The number of pyridine rings is 1. The van der Waals surface area contributed by atoms with Gasteiger partial charge in [0.2, 0.25) is 0 Å². The Labute approximate surface area is 142 Å². The van der Waals surface area contributed by atoms with Gasteiger partial charge in [-0.1, -0.05) is 0 Å². The Hall–Kier alpha value is -1.83. The third-order valence-corrected chi connectivity index (χ3v) is 6.22. The number of urea groups is 1. The number of carbonyl (C=O) groups is 1. The molecule has 0 unspecified atom stereocenters. The normalized spacial score (nSPS) is 25.7. The highest BCUT2D eigenvalue weighted by Gasteiger charge is 2.45. The number of aromatic nitrogens is 1. The lowest BCUT2D eigenvalue weighted by Crippen LogP contribution is -2.43. The molecule has 8 heteroatoms.